The maximum atomic E-state index is 12.3. The van der Waals surface area contributed by atoms with E-state index in [0.717, 1.165) is 22.3 Å². The SMILES string of the molecule is Cc1cc(OC(=O)NCC2CCCCC2)cc(-c2cncc(-c3ncco3)c2)c1. The molecule has 2 aromatic heterocycles. The van der Waals surface area contributed by atoms with E-state index in [-0.39, 0.29) is 0 Å². The van der Waals surface area contributed by atoms with Crippen molar-refractivity contribution in [2.24, 2.45) is 5.92 Å². The Hall–Kier alpha value is -3.15. The molecule has 1 N–H and O–H groups in total. The van der Waals surface area contributed by atoms with Gasteiger partial charge in [-0.15, -0.1) is 0 Å². The summed E-state index contributed by atoms with van der Waals surface area (Å²) in [5.74, 6) is 1.60. The summed E-state index contributed by atoms with van der Waals surface area (Å²) in [5, 5.41) is 2.91. The van der Waals surface area contributed by atoms with Crippen LogP contribution in [0.25, 0.3) is 22.6 Å². The van der Waals surface area contributed by atoms with Gasteiger partial charge in [-0.05, 0) is 55.0 Å². The minimum atomic E-state index is -0.404. The number of aromatic nitrogens is 2. The minimum absolute atomic E-state index is 0.404. The number of rotatable bonds is 5. The Morgan fingerprint density at radius 3 is 2.72 bits per heavy atom. The van der Waals surface area contributed by atoms with E-state index < -0.39 is 6.09 Å². The molecule has 0 bridgehead atoms. The van der Waals surface area contributed by atoms with Crippen LogP contribution in [0.1, 0.15) is 37.7 Å². The zero-order valence-corrected chi connectivity index (χ0v) is 16.6. The number of benzene rings is 1. The number of pyridine rings is 1. The summed E-state index contributed by atoms with van der Waals surface area (Å²) in [7, 11) is 0. The van der Waals surface area contributed by atoms with Crippen molar-refractivity contribution >= 4 is 6.09 Å². The molecule has 6 heteroatoms. The summed E-state index contributed by atoms with van der Waals surface area (Å²) in [6, 6.07) is 7.70. The van der Waals surface area contributed by atoms with Crippen LogP contribution in [0.15, 0.2) is 53.5 Å². The van der Waals surface area contributed by atoms with Crippen LogP contribution in [0.3, 0.4) is 0 Å². The molecule has 1 aromatic carbocycles. The smallest absolute Gasteiger partial charge is 0.412 e. The van der Waals surface area contributed by atoms with Crippen LogP contribution in [0.5, 0.6) is 5.75 Å². The van der Waals surface area contributed by atoms with Gasteiger partial charge in [0, 0.05) is 24.5 Å². The van der Waals surface area contributed by atoms with Crippen molar-refractivity contribution < 1.29 is 13.9 Å². The summed E-state index contributed by atoms with van der Waals surface area (Å²) < 4.78 is 10.9. The first-order valence-corrected chi connectivity index (χ1v) is 10.1. The molecule has 1 fully saturated rings. The van der Waals surface area contributed by atoms with Gasteiger partial charge < -0.3 is 14.5 Å². The van der Waals surface area contributed by atoms with Crippen molar-refractivity contribution in [2.45, 2.75) is 39.0 Å². The van der Waals surface area contributed by atoms with E-state index in [2.05, 4.69) is 15.3 Å². The molecule has 2 heterocycles. The van der Waals surface area contributed by atoms with Crippen LogP contribution < -0.4 is 10.1 Å². The minimum Gasteiger partial charge on any atom is -0.444 e. The molecular weight excluding hydrogens is 366 g/mol. The molecule has 1 aliphatic carbocycles. The fourth-order valence-electron chi connectivity index (χ4n) is 3.82. The van der Waals surface area contributed by atoms with Gasteiger partial charge in [-0.3, -0.25) is 4.98 Å². The molecule has 1 amide bonds. The van der Waals surface area contributed by atoms with E-state index in [1.807, 2.05) is 31.2 Å². The molecule has 0 aliphatic heterocycles. The number of amides is 1. The number of nitrogens with zero attached hydrogens (tertiary/aromatic N) is 2. The van der Waals surface area contributed by atoms with Gasteiger partial charge >= 0.3 is 6.09 Å². The van der Waals surface area contributed by atoms with E-state index in [4.69, 9.17) is 9.15 Å². The maximum Gasteiger partial charge on any atom is 0.412 e. The molecule has 1 aliphatic rings. The van der Waals surface area contributed by atoms with Gasteiger partial charge in [0.15, 0.2) is 0 Å². The van der Waals surface area contributed by atoms with E-state index in [1.165, 1.54) is 38.4 Å². The highest BCUT2D eigenvalue weighted by molar-refractivity contribution is 5.73. The van der Waals surface area contributed by atoms with Gasteiger partial charge in [0.2, 0.25) is 5.89 Å². The van der Waals surface area contributed by atoms with Crippen LogP contribution in [-0.4, -0.2) is 22.6 Å². The van der Waals surface area contributed by atoms with Crippen molar-refractivity contribution in [3.63, 3.8) is 0 Å². The van der Waals surface area contributed by atoms with Crippen LogP contribution in [0, 0.1) is 12.8 Å². The maximum absolute atomic E-state index is 12.3. The summed E-state index contributed by atoms with van der Waals surface area (Å²) in [4.78, 5) is 20.7. The van der Waals surface area contributed by atoms with E-state index in [9.17, 15) is 4.79 Å². The van der Waals surface area contributed by atoms with Crippen LogP contribution in [-0.2, 0) is 0 Å². The summed E-state index contributed by atoms with van der Waals surface area (Å²) in [6.45, 7) is 2.65. The first-order valence-electron chi connectivity index (χ1n) is 10.1. The fraction of sp³-hybridized carbons (Fsp3) is 0.348. The van der Waals surface area contributed by atoms with Crippen molar-refractivity contribution in [3.05, 3.63) is 54.7 Å². The second-order valence-electron chi connectivity index (χ2n) is 7.61. The van der Waals surface area contributed by atoms with Gasteiger partial charge in [-0.2, -0.15) is 0 Å². The first-order chi connectivity index (χ1) is 14.2. The summed E-state index contributed by atoms with van der Waals surface area (Å²) >= 11 is 0. The van der Waals surface area contributed by atoms with E-state index >= 15 is 0 Å². The van der Waals surface area contributed by atoms with Crippen molar-refractivity contribution in [2.75, 3.05) is 6.54 Å². The molecule has 0 saturated heterocycles. The third kappa shape index (κ3) is 5.02. The molecule has 1 saturated carbocycles. The molecular formula is C23H25N3O3. The lowest BCUT2D eigenvalue weighted by Gasteiger charge is -2.21. The average molecular weight is 391 g/mol. The number of hydrogen-bond acceptors (Lipinski definition) is 5. The van der Waals surface area contributed by atoms with Crippen molar-refractivity contribution in [1.82, 2.24) is 15.3 Å². The van der Waals surface area contributed by atoms with Gasteiger partial charge in [0.25, 0.3) is 0 Å². The Bertz CT molecular complexity index is 963. The van der Waals surface area contributed by atoms with Crippen molar-refractivity contribution in [1.29, 1.82) is 0 Å². The normalized spacial score (nSPS) is 14.5. The standard InChI is InChI=1S/C23H25N3O3/c1-16-9-18(19-11-20(15-24-14-19)22-25-7-8-28-22)12-21(10-16)29-23(27)26-13-17-5-3-2-4-6-17/h7-12,14-15,17H,2-6,13H2,1H3,(H,26,27). The topological polar surface area (TPSA) is 77.2 Å². The Labute approximate surface area is 170 Å². The third-order valence-corrected chi connectivity index (χ3v) is 5.27. The number of ether oxygens (including phenoxy) is 1. The highest BCUT2D eigenvalue weighted by Gasteiger charge is 2.15. The number of nitrogens with one attached hydrogen (secondary N) is 1. The highest BCUT2D eigenvalue weighted by Crippen LogP contribution is 2.29. The number of aryl methyl sites for hydroxylation is 1. The number of hydrogen-bond donors (Lipinski definition) is 1. The second kappa shape index (κ2) is 8.90. The molecule has 6 nitrogen and oxygen atoms in total. The molecule has 29 heavy (non-hydrogen) atoms. The van der Waals surface area contributed by atoms with Gasteiger partial charge in [-0.25, -0.2) is 9.78 Å². The summed E-state index contributed by atoms with van der Waals surface area (Å²) in [6.07, 6.45) is 12.4. The van der Waals surface area contributed by atoms with Crippen LogP contribution in [0.4, 0.5) is 4.79 Å². The fourth-order valence-corrected chi connectivity index (χ4v) is 3.82. The van der Waals surface area contributed by atoms with Crippen molar-refractivity contribution in [3.8, 4) is 28.3 Å². The van der Waals surface area contributed by atoms with Gasteiger partial charge in [0.1, 0.15) is 12.0 Å². The third-order valence-electron chi connectivity index (χ3n) is 5.27. The lowest BCUT2D eigenvalue weighted by atomic mass is 9.89. The Kier molecular flexibility index (Phi) is 5.89. The predicted octanol–water partition coefficient (Wildman–Crippen LogP) is 5.38. The number of carbonyl (C=O) groups is 1. The zero-order valence-electron chi connectivity index (χ0n) is 16.6. The number of oxazole rings is 1. The lowest BCUT2D eigenvalue weighted by molar-refractivity contribution is 0.196. The predicted molar refractivity (Wildman–Crippen MR) is 111 cm³/mol. The molecule has 3 aromatic rings. The Morgan fingerprint density at radius 1 is 1.10 bits per heavy atom. The summed E-state index contributed by atoms with van der Waals surface area (Å²) in [5.41, 5.74) is 3.61. The van der Waals surface area contributed by atoms with E-state index in [1.54, 1.807) is 18.6 Å². The molecule has 0 spiro atoms. The molecule has 150 valence electrons. The Balaban J connectivity index is 1.46. The highest BCUT2D eigenvalue weighted by atomic mass is 16.6. The molecule has 0 unspecified atom stereocenters. The molecule has 0 atom stereocenters. The zero-order chi connectivity index (χ0) is 20.1. The van der Waals surface area contributed by atoms with E-state index in [0.29, 0.717) is 24.1 Å². The lowest BCUT2D eigenvalue weighted by Crippen LogP contribution is -2.32. The molecule has 4 rings (SSSR count). The van der Waals surface area contributed by atoms with Crippen LogP contribution >= 0.6 is 0 Å². The van der Waals surface area contributed by atoms with Gasteiger partial charge in [-0.1, -0.05) is 25.3 Å². The molecule has 0 radical (unpaired) electrons. The monoisotopic (exact) mass is 391 g/mol. The van der Waals surface area contributed by atoms with Crippen LogP contribution in [0.2, 0.25) is 0 Å². The number of carbonyl (C=O) groups excluding carboxylic acids is 1. The average Bonchev–Trinajstić information content (AvgIpc) is 3.28. The van der Waals surface area contributed by atoms with Gasteiger partial charge in [0.05, 0.1) is 11.8 Å². The Morgan fingerprint density at radius 2 is 1.93 bits per heavy atom. The quantitative estimate of drug-likeness (QED) is 0.632. The second-order valence-corrected chi connectivity index (χ2v) is 7.61. The first kappa shape index (κ1) is 19.2. The largest absolute Gasteiger partial charge is 0.444 e.